The van der Waals surface area contributed by atoms with Crippen LogP contribution in [0.25, 0.3) is 0 Å². The highest BCUT2D eigenvalue weighted by Gasteiger charge is 2.13. The normalized spacial score (nSPS) is 10.8. The SMILES string of the molecule is C[Si](C)(C)CCOC(=O)CCCCCON.Cl. The summed E-state index contributed by atoms with van der Waals surface area (Å²) < 4.78 is 5.16. The lowest BCUT2D eigenvalue weighted by Gasteiger charge is -2.15. The van der Waals surface area contributed by atoms with Crippen LogP contribution >= 0.6 is 12.4 Å². The van der Waals surface area contributed by atoms with Crippen LogP contribution in [0.1, 0.15) is 25.7 Å². The van der Waals surface area contributed by atoms with E-state index in [-0.39, 0.29) is 18.4 Å². The van der Waals surface area contributed by atoms with Crippen molar-refractivity contribution in [1.82, 2.24) is 0 Å². The van der Waals surface area contributed by atoms with Crippen LogP contribution in [0.15, 0.2) is 0 Å². The Balaban J connectivity index is 0. The molecule has 0 aromatic rings. The minimum Gasteiger partial charge on any atom is -0.466 e. The van der Waals surface area contributed by atoms with E-state index < -0.39 is 8.07 Å². The van der Waals surface area contributed by atoms with Crippen LogP contribution in [0, 0.1) is 0 Å². The molecule has 0 aromatic carbocycles. The highest BCUT2D eigenvalue weighted by Crippen LogP contribution is 2.08. The molecule has 0 aromatic heterocycles. The van der Waals surface area contributed by atoms with Crippen molar-refractivity contribution < 1.29 is 14.4 Å². The van der Waals surface area contributed by atoms with E-state index in [1.807, 2.05) is 0 Å². The van der Waals surface area contributed by atoms with Crippen LogP contribution in [-0.2, 0) is 14.4 Å². The van der Waals surface area contributed by atoms with Crippen LogP contribution in [0.5, 0.6) is 0 Å². The zero-order valence-electron chi connectivity index (χ0n) is 11.2. The average molecular weight is 284 g/mol. The fraction of sp³-hybridized carbons (Fsp3) is 0.909. The van der Waals surface area contributed by atoms with E-state index in [1.54, 1.807) is 0 Å². The number of ether oxygens (including phenoxy) is 1. The Labute approximate surface area is 112 Å². The van der Waals surface area contributed by atoms with Gasteiger partial charge in [0.1, 0.15) is 0 Å². The van der Waals surface area contributed by atoms with Crippen LogP contribution in [0.3, 0.4) is 0 Å². The van der Waals surface area contributed by atoms with Gasteiger partial charge in [-0.25, -0.2) is 5.90 Å². The molecule has 104 valence electrons. The topological polar surface area (TPSA) is 61.5 Å². The lowest BCUT2D eigenvalue weighted by atomic mass is 10.2. The zero-order valence-corrected chi connectivity index (χ0v) is 13.0. The molecule has 0 atom stereocenters. The Bertz CT molecular complexity index is 198. The van der Waals surface area contributed by atoms with Gasteiger partial charge in [-0.2, -0.15) is 0 Å². The molecule has 0 rings (SSSR count). The molecule has 0 fully saturated rings. The molecule has 0 unspecified atom stereocenters. The number of unbranched alkanes of at least 4 members (excludes halogenated alkanes) is 2. The summed E-state index contributed by atoms with van der Waals surface area (Å²) in [5.41, 5.74) is 0. The second-order valence-corrected chi connectivity index (χ2v) is 10.8. The van der Waals surface area contributed by atoms with Gasteiger partial charge in [-0.15, -0.1) is 12.4 Å². The van der Waals surface area contributed by atoms with Gasteiger partial charge in [0.25, 0.3) is 0 Å². The Morgan fingerprint density at radius 3 is 2.29 bits per heavy atom. The van der Waals surface area contributed by atoms with Gasteiger partial charge in [0.05, 0.1) is 13.2 Å². The third-order valence-electron chi connectivity index (χ3n) is 2.26. The van der Waals surface area contributed by atoms with E-state index in [2.05, 4.69) is 24.5 Å². The van der Waals surface area contributed by atoms with Crippen molar-refractivity contribution in [2.24, 2.45) is 5.90 Å². The number of rotatable bonds is 9. The molecular weight excluding hydrogens is 258 g/mol. The van der Waals surface area contributed by atoms with Gasteiger partial charge < -0.3 is 9.57 Å². The third kappa shape index (κ3) is 15.9. The summed E-state index contributed by atoms with van der Waals surface area (Å²) in [5, 5.41) is 0. The maximum absolute atomic E-state index is 11.3. The highest BCUT2D eigenvalue weighted by molar-refractivity contribution is 6.76. The first-order valence-electron chi connectivity index (χ1n) is 5.93. The van der Waals surface area contributed by atoms with E-state index >= 15 is 0 Å². The molecule has 0 aliphatic heterocycles. The molecule has 0 bridgehead atoms. The summed E-state index contributed by atoms with van der Waals surface area (Å²) in [7, 11) is -1.08. The average Bonchev–Trinajstić information content (AvgIpc) is 2.15. The number of nitrogens with two attached hydrogens (primary N) is 1. The minimum absolute atomic E-state index is 0. The fourth-order valence-corrected chi connectivity index (χ4v) is 1.89. The fourth-order valence-electron chi connectivity index (χ4n) is 1.17. The van der Waals surface area contributed by atoms with Gasteiger partial charge in [-0.05, 0) is 18.9 Å². The number of carbonyl (C=O) groups is 1. The molecule has 4 nitrogen and oxygen atoms in total. The lowest BCUT2D eigenvalue weighted by Crippen LogP contribution is -2.22. The summed E-state index contributed by atoms with van der Waals surface area (Å²) >= 11 is 0. The summed E-state index contributed by atoms with van der Waals surface area (Å²) in [6.45, 7) is 7.96. The van der Waals surface area contributed by atoms with E-state index in [0.717, 1.165) is 25.3 Å². The van der Waals surface area contributed by atoms with Crippen molar-refractivity contribution in [2.45, 2.75) is 51.4 Å². The number of halogens is 1. The molecule has 0 saturated carbocycles. The van der Waals surface area contributed by atoms with E-state index in [4.69, 9.17) is 10.6 Å². The standard InChI is InChI=1S/C11H25NO3Si.ClH/c1-16(2,3)10-9-14-11(13)7-5-4-6-8-15-12;/h4-10,12H2,1-3H3;1H. The molecule has 0 aliphatic rings. The van der Waals surface area contributed by atoms with Gasteiger partial charge in [0.2, 0.25) is 0 Å². The number of esters is 1. The van der Waals surface area contributed by atoms with Crippen molar-refractivity contribution in [1.29, 1.82) is 0 Å². The molecule has 0 spiro atoms. The summed E-state index contributed by atoms with van der Waals surface area (Å²) in [6.07, 6.45) is 3.23. The van der Waals surface area contributed by atoms with E-state index in [0.29, 0.717) is 19.6 Å². The van der Waals surface area contributed by atoms with Crippen molar-refractivity contribution >= 4 is 26.5 Å². The highest BCUT2D eigenvalue weighted by atomic mass is 35.5. The van der Waals surface area contributed by atoms with Gasteiger partial charge in [-0.3, -0.25) is 4.79 Å². The van der Waals surface area contributed by atoms with Crippen molar-refractivity contribution in [3.8, 4) is 0 Å². The Morgan fingerprint density at radius 1 is 1.12 bits per heavy atom. The third-order valence-corrected chi connectivity index (χ3v) is 3.96. The van der Waals surface area contributed by atoms with Gasteiger partial charge in [0, 0.05) is 14.5 Å². The maximum Gasteiger partial charge on any atom is 0.305 e. The molecule has 2 N–H and O–H groups in total. The molecule has 0 radical (unpaired) electrons. The molecule has 17 heavy (non-hydrogen) atoms. The molecule has 0 heterocycles. The Kier molecular flexibility index (Phi) is 12.5. The molecule has 6 heteroatoms. The van der Waals surface area contributed by atoms with Gasteiger partial charge >= 0.3 is 5.97 Å². The first kappa shape index (κ1) is 19.2. The molecule has 0 saturated heterocycles. The van der Waals surface area contributed by atoms with Crippen LogP contribution < -0.4 is 5.90 Å². The minimum atomic E-state index is -1.08. The quantitative estimate of drug-likeness (QED) is 0.306. The zero-order chi connectivity index (χ0) is 12.4. The lowest BCUT2D eigenvalue weighted by molar-refractivity contribution is -0.143. The molecule has 0 amide bonds. The van der Waals surface area contributed by atoms with Crippen LogP contribution in [0.4, 0.5) is 0 Å². The summed E-state index contributed by atoms with van der Waals surface area (Å²) in [6, 6.07) is 1.04. The summed E-state index contributed by atoms with van der Waals surface area (Å²) in [5.74, 6) is 4.81. The predicted octanol–water partition coefficient (Wildman–Crippen LogP) is 2.74. The largest absolute Gasteiger partial charge is 0.466 e. The van der Waals surface area contributed by atoms with Crippen molar-refractivity contribution in [3.63, 3.8) is 0 Å². The van der Waals surface area contributed by atoms with Crippen LogP contribution in [-0.4, -0.2) is 27.3 Å². The first-order chi connectivity index (χ1) is 7.45. The van der Waals surface area contributed by atoms with Gasteiger partial charge in [-0.1, -0.05) is 26.1 Å². The number of carbonyl (C=O) groups excluding carboxylic acids is 1. The molecule has 0 aliphatic carbocycles. The number of hydrogen-bond donors (Lipinski definition) is 1. The first-order valence-corrected chi connectivity index (χ1v) is 9.64. The predicted molar refractivity (Wildman–Crippen MR) is 75.0 cm³/mol. The van der Waals surface area contributed by atoms with Crippen molar-refractivity contribution in [2.75, 3.05) is 13.2 Å². The second-order valence-electron chi connectivity index (χ2n) is 5.21. The Morgan fingerprint density at radius 2 is 1.76 bits per heavy atom. The smallest absolute Gasteiger partial charge is 0.305 e. The van der Waals surface area contributed by atoms with Crippen molar-refractivity contribution in [3.05, 3.63) is 0 Å². The van der Waals surface area contributed by atoms with Gasteiger partial charge in [0.15, 0.2) is 0 Å². The molecular formula is C11H26ClNO3Si. The monoisotopic (exact) mass is 283 g/mol. The Hall–Kier alpha value is -0.103. The maximum atomic E-state index is 11.3. The second kappa shape index (κ2) is 11.0. The van der Waals surface area contributed by atoms with E-state index in [1.165, 1.54) is 0 Å². The van der Waals surface area contributed by atoms with E-state index in [9.17, 15) is 4.79 Å². The number of hydrogen-bond acceptors (Lipinski definition) is 4. The van der Waals surface area contributed by atoms with Crippen LogP contribution in [0.2, 0.25) is 25.7 Å². The summed E-state index contributed by atoms with van der Waals surface area (Å²) in [4.78, 5) is 15.7.